The smallest absolute Gasteiger partial charge is 0.314 e. The van der Waals surface area contributed by atoms with Crippen molar-refractivity contribution in [1.82, 2.24) is 14.3 Å². The van der Waals surface area contributed by atoms with Gasteiger partial charge in [-0.05, 0) is 37.5 Å². The van der Waals surface area contributed by atoms with Gasteiger partial charge in [-0.3, -0.25) is 9.36 Å². The summed E-state index contributed by atoms with van der Waals surface area (Å²) in [5, 5.41) is 4.30. The van der Waals surface area contributed by atoms with Crippen molar-refractivity contribution in [1.29, 1.82) is 0 Å². The Bertz CT molecular complexity index is 760. The lowest BCUT2D eigenvalue weighted by molar-refractivity contribution is -0.119. The van der Waals surface area contributed by atoms with Gasteiger partial charge in [-0.25, -0.2) is 9.48 Å². The van der Waals surface area contributed by atoms with Crippen molar-refractivity contribution in [2.45, 2.75) is 39.3 Å². The number of likely N-dealkylation sites (N-methyl/N-ethyl adjacent to an activating group) is 1. The second-order valence-corrected chi connectivity index (χ2v) is 5.76. The highest BCUT2D eigenvalue weighted by Gasteiger charge is 2.19. The van der Waals surface area contributed by atoms with Gasteiger partial charge >= 0.3 is 5.69 Å². The summed E-state index contributed by atoms with van der Waals surface area (Å²) >= 11 is 0. The van der Waals surface area contributed by atoms with E-state index in [1.54, 1.807) is 16.5 Å². The third-order valence-corrected chi connectivity index (χ3v) is 4.08. The van der Waals surface area contributed by atoms with Crippen LogP contribution in [0.15, 0.2) is 29.1 Å². The zero-order valence-electron chi connectivity index (χ0n) is 13.0. The highest BCUT2D eigenvalue weighted by atomic mass is 16.2. The van der Waals surface area contributed by atoms with Crippen molar-refractivity contribution in [3.8, 4) is 0 Å². The molecule has 116 valence electrons. The van der Waals surface area contributed by atoms with Gasteiger partial charge in [0.2, 0.25) is 5.91 Å². The summed E-state index contributed by atoms with van der Waals surface area (Å²) in [6.07, 6.45) is 2.85. The Morgan fingerprint density at radius 2 is 2.18 bits per heavy atom. The van der Waals surface area contributed by atoms with Crippen LogP contribution in [0.3, 0.4) is 0 Å². The van der Waals surface area contributed by atoms with E-state index < -0.39 is 0 Å². The Morgan fingerprint density at radius 3 is 2.91 bits per heavy atom. The minimum absolute atomic E-state index is 0.0245. The number of carbonyl (C=O) groups is 1. The fraction of sp³-hybridized carbons (Fsp3) is 0.438. The normalized spacial score (nSPS) is 13.7. The first-order valence-electron chi connectivity index (χ1n) is 7.56. The van der Waals surface area contributed by atoms with Crippen molar-refractivity contribution < 1.29 is 4.79 Å². The van der Waals surface area contributed by atoms with Gasteiger partial charge in [0.25, 0.3) is 0 Å². The fourth-order valence-electron chi connectivity index (χ4n) is 2.77. The van der Waals surface area contributed by atoms with Crippen LogP contribution in [0.4, 0.5) is 5.69 Å². The van der Waals surface area contributed by atoms with E-state index in [0.29, 0.717) is 6.54 Å². The first-order chi connectivity index (χ1) is 10.6. The van der Waals surface area contributed by atoms with Crippen molar-refractivity contribution in [3.05, 3.63) is 46.1 Å². The molecule has 1 aliphatic rings. The van der Waals surface area contributed by atoms with Gasteiger partial charge in [0.05, 0.1) is 0 Å². The summed E-state index contributed by atoms with van der Waals surface area (Å²) in [7, 11) is 1.72. The van der Waals surface area contributed by atoms with Crippen LogP contribution in [0.1, 0.15) is 24.2 Å². The second-order valence-electron chi connectivity index (χ2n) is 5.76. The second kappa shape index (κ2) is 5.79. The number of fused-ring (bicyclic) bond motifs is 1. The number of amides is 1. The highest BCUT2D eigenvalue weighted by molar-refractivity contribution is 5.92. The third-order valence-electron chi connectivity index (χ3n) is 4.08. The molecule has 0 aliphatic carbocycles. The molecule has 0 fully saturated rings. The predicted molar refractivity (Wildman–Crippen MR) is 84.0 cm³/mol. The molecule has 0 saturated heterocycles. The topological polar surface area (TPSA) is 60.1 Å². The Kier molecular flexibility index (Phi) is 3.83. The molecular weight excluding hydrogens is 280 g/mol. The Balaban J connectivity index is 1.80. The number of anilines is 1. The molecule has 1 aromatic heterocycles. The number of nitrogens with zero attached hydrogens (tertiary/aromatic N) is 4. The summed E-state index contributed by atoms with van der Waals surface area (Å²) < 4.78 is 2.97. The largest absolute Gasteiger partial charge is 0.346 e. The molecule has 0 spiro atoms. The molecule has 1 aromatic carbocycles. The third kappa shape index (κ3) is 2.68. The van der Waals surface area contributed by atoms with Crippen molar-refractivity contribution in [2.75, 3.05) is 11.9 Å². The number of aryl methyl sites for hydroxylation is 2. The lowest BCUT2D eigenvalue weighted by Gasteiger charge is -2.17. The van der Waals surface area contributed by atoms with E-state index in [4.69, 9.17) is 0 Å². The number of carbonyl (C=O) groups excluding carboxylic acids is 1. The number of aromatic nitrogens is 3. The standard InChI is InChI=1S/C16H20N4O2/c1-12-6-5-7-13(10-12)18(2)15(21)11-20-16(22)19-9-4-3-8-14(19)17-20/h5-7,10H,3-4,8-9,11H2,1-2H3. The van der Waals surface area contributed by atoms with Gasteiger partial charge in [0, 0.05) is 25.7 Å². The van der Waals surface area contributed by atoms with Gasteiger partial charge in [-0.15, -0.1) is 0 Å². The van der Waals surface area contributed by atoms with E-state index in [9.17, 15) is 9.59 Å². The molecule has 3 rings (SSSR count). The molecule has 6 nitrogen and oxygen atoms in total. The highest BCUT2D eigenvalue weighted by Crippen LogP contribution is 2.15. The van der Waals surface area contributed by atoms with Crippen molar-refractivity contribution in [3.63, 3.8) is 0 Å². The Labute approximate surface area is 129 Å². The molecule has 0 radical (unpaired) electrons. The van der Waals surface area contributed by atoms with Gasteiger partial charge in [-0.1, -0.05) is 12.1 Å². The van der Waals surface area contributed by atoms with Gasteiger partial charge in [0.15, 0.2) is 0 Å². The lowest BCUT2D eigenvalue weighted by Crippen LogP contribution is -2.35. The predicted octanol–water partition coefficient (Wildman–Crippen LogP) is 1.35. The van der Waals surface area contributed by atoms with Gasteiger partial charge in [0.1, 0.15) is 12.4 Å². The maximum Gasteiger partial charge on any atom is 0.346 e. The summed E-state index contributed by atoms with van der Waals surface area (Å²) in [4.78, 5) is 26.2. The lowest BCUT2D eigenvalue weighted by atomic mass is 10.2. The van der Waals surface area contributed by atoms with Crippen LogP contribution in [0.25, 0.3) is 0 Å². The van der Waals surface area contributed by atoms with E-state index >= 15 is 0 Å². The van der Waals surface area contributed by atoms with E-state index in [-0.39, 0.29) is 18.1 Å². The maximum absolute atomic E-state index is 12.4. The van der Waals surface area contributed by atoms with Crippen LogP contribution in [0.2, 0.25) is 0 Å². The van der Waals surface area contributed by atoms with Gasteiger partial charge < -0.3 is 4.90 Å². The molecule has 2 aromatic rings. The van der Waals surface area contributed by atoms with Crippen LogP contribution < -0.4 is 10.6 Å². The van der Waals surface area contributed by atoms with Gasteiger partial charge in [-0.2, -0.15) is 5.10 Å². The van der Waals surface area contributed by atoms with E-state index in [1.807, 2.05) is 31.2 Å². The zero-order chi connectivity index (χ0) is 15.7. The molecule has 0 unspecified atom stereocenters. The monoisotopic (exact) mass is 300 g/mol. The fourth-order valence-corrected chi connectivity index (χ4v) is 2.77. The molecular formula is C16H20N4O2. The minimum Gasteiger partial charge on any atom is -0.314 e. The summed E-state index contributed by atoms with van der Waals surface area (Å²) in [5.41, 5.74) is 1.73. The number of hydrogen-bond donors (Lipinski definition) is 0. The zero-order valence-corrected chi connectivity index (χ0v) is 13.0. The average molecular weight is 300 g/mol. The van der Waals surface area contributed by atoms with Crippen LogP contribution in [0, 0.1) is 6.92 Å². The Hall–Kier alpha value is -2.37. The summed E-state index contributed by atoms with van der Waals surface area (Å²) in [6, 6.07) is 7.72. The molecule has 0 atom stereocenters. The SMILES string of the molecule is Cc1cccc(N(C)C(=O)Cn2nc3n(c2=O)CCCC3)c1. The van der Waals surface area contributed by atoms with Crippen LogP contribution in [-0.4, -0.2) is 27.3 Å². The molecule has 2 heterocycles. The minimum atomic E-state index is -0.180. The molecule has 6 heteroatoms. The number of rotatable bonds is 3. The summed E-state index contributed by atoms with van der Waals surface area (Å²) in [6.45, 7) is 2.66. The van der Waals surface area contributed by atoms with Crippen LogP contribution in [0.5, 0.6) is 0 Å². The summed E-state index contributed by atoms with van der Waals surface area (Å²) in [5.74, 6) is 0.644. The molecule has 1 aliphatic heterocycles. The molecule has 0 bridgehead atoms. The quantitative estimate of drug-likeness (QED) is 0.860. The Morgan fingerprint density at radius 1 is 1.36 bits per heavy atom. The maximum atomic E-state index is 12.4. The number of benzene rings is 1. The van der Waals surface area contributed by atoms with E-state index in [1.165, 1.54) is 4.68 Å². The van der Waals surface area contributed by atoms with Crippen LogP contribution in [-0.2, 0) is 24.3 Å². The van der Waals surface area contributed by atoms with Crippen molar-refractivity contribution >= 4 is 11.6 Å². The van der Waals surface area contributed by atoms with E-state index in [2.05, 4.69) is 5.10 Å². The van der Waals surface area contributed by atoms with Crippen molar-refractivity contribution in [2.24, 2.45) is 0 Å². The number of hydrogen-bond acceptors (Lipinski definition) is 3. The first-order valence-corrected chi connectivity index (χ1v) is 7.56. The molecule has 0 saturated carbocycles. The first kappa shape index (κ1) is 14.6. The molecule has 0 N–H and O–H groups in total. The molecule has 1 amide bonds. The van der Waals surface area contributed by atoms with E-state index in [0.717, 1.165) is 36.3 Å². The average Bonchev–Trinajstić information content (AvgIpc) is 2.83. The van der Waals surface area contributed by atoms with Crippen LogP contribution >= 0.6 is 0 Å². The molecule has 22 heavy (non-hydrogen) atoms.